The van der Waals surface area contributed by atoms with Crippen LogP contribution in [0.3, 0.4) is 0 Å². The van der Waals surface area contributed by atoms with E-state index in [0.717, 1.165) is 12.0 Å². The predicted molar refractivity (Wildman–Crippen MR) is 147 cm³/mol. The van der Waals surface area contributed by atoms with Crippen molar-refractivity contribution in [1.29, 1.82) is 0 Å². The lowest BCUT2D eigenvalue weighted by Gasteiger charge is -2.46. The van der Waals surface area contributed by atoms with Gasteiger partial charge in [0, 0.05) is 12.1 Å². The van der Waals surface area contributed by atoms with Crippen LogP contribution in [-0.2, 0) is 5.41 Å². The molecule has 10 N–H and O–H groups in total. The van der Waals surface area contributed by atoms with E-state index >= 15 is 0 Å². The lowest BCUT2D eigenvalue weighted by Crippen LogP contribution is -2.90. The minimum absolute atomic E-state index is 0.0158. The lowest BCUT2D eigenvalue weighted by atomic mass is 9.79. The van der Waals surface area contributed by atoms with Crippen LogP contribution in [-0.4, -0.2) is 88.1 Å². The first-order chi connectivity index (χ1) is 19.0. The number of nitrogens with zero attached hydrogens (tertiary/aromatic N) is 2. The molecule has 1 spiro atoms. The first-order valence-corrected chi connectivity index (χ1v) is 14.0. The normalized spacial score (nSPS) is 29.1. The number of aliphatic imine (C=N–C) groups is 1. The maximum Gasteiger partial charge on any atom is 0.343 e. The molecule has 4 aliphatic rings. The summed E-state index contributed by atoms with van der Waals surface area (Å²) in [4.78, 5) is 35.7. The van der Waals surface area contributed by atoms with Crippen molar-refractivity contribution in [2.45, 2.75) is 55.3 Å². The molecule has 4 aliphatic heterocycles. The summed E-state index contributed by atoms with van der Waals surface area (Å²) >= 11 is 1.30. The summed E-state index contributed by atoms with van der Waals surface area (Å²) < 4.78 is 5.90. The van der Waals surface area contributed by atoms with Gasteiger partial charge < -0.3 is 31.3 Å². The average molecular weight is 570 g/mol. The van der Waals surface area contributed by atoms with E-state index in [0.29, 0.717) is 22.8 Å². The first-order valence-electron chi connectivity index (χ1n) is 13.1. The average Bonchev–Trinajstić information content (AvgIpc) is 3.61. The van der Waals surface area contributed by atoms with E-state index in [1.54, 1.807) is 29.6 Å². The second-order valence-corrected chi connectivity index (χ2v) is 12.1. The maximum atomic E-state index is 13.6. The van der Waals surface area contributed by atoms with Crippen LogP contribution < -0.4 is 37.1 Å². The Morgan fingerprint density at radius 3 is 2.80 bits per heavy atom. The highest BCUT2D eigenvalue weighted by molar-refractivity contribution is 7.12. The SMILES string of the molecule is CC1(C)CCOc2c(C(=O)NC3CN4C(N)=N[C@@H](CNC(=O)c5cccs5)[C@@H]5[NH+]=C(N)N[C@@]54C3(O)O)cccc21. The van der Waals surface area contributed by atoms with Gasteiger partial charge in [0.1, 0.15) is 17.8 Å². The Labute approximate surface area is 234 Å². The number of amides is 2. The molecule has 1 saturated heterocycles. The predicted octanol–water partition coefficient (Wildman–Crippen LogP) is -2.91. The van der Waals surface area contributed by atoms with Crippen LogP contribution in [0.25, 0.3) is 0 Å². The number of ether oxygens (including phenoxy) is 1. The highest BCUT2D eigenvalue weighted by Gasteiger charge is 2.76. The van der Waals surface area contributed by atoms with Crippen LogP contribution in [0.2, 0.25) is 0 Å². The summed E-state index contributed by atoms with van der Waals surface area (Å²) in [6, 6.07) is 6.15. The third kappa shape index (κ3) is 3.81. The van der Waals surface area contributed by atoms with Crippen LogP contribution in [0.5, 0.6) is 5.75 Å². The number of nitrogens with one attached hydrogen (secondary N) is 4. The van der Waals surface area contributed by atoms with Gasteiger partial charge in [-0.25, -0.2) is 10.3 Å². The fourth-order valence-electron chi connectivity index (χ4n) is 6.21. The summed E-state index contributed by atoms with van der Waals surface area (Å²) in [6.07, 6.45) is 0.813. The van der Waals surface area contributed by atoms with Gasteiger partial charge in [0.05, 0.1) is 23.6 Å². The highest BCUT2D eigenvalue weighted by atomic mass is 32.1. The molecule has 0 bridgehead atoms. The van der Waals surface area contributed by atoms with E-state index in [2.05, 4.69) is 39.8 Å². The van der Waals surface area contributed by atoms with Gasteiger partial charge in [-0.3, -0.25) is 25.2 Å². The van der Waals surface area contributed by atoms with E-state index in [1.807, 2.05) is 6.07 Å². The summed E-state index contributed by atoms with van der Waals surface area (Å²) in [7, 11) is 0. The van der Waals surface area contributed by atoms with E-state index in [4.69, 9.17) is 16.2 Å². The number of carbonyl (C=O) groups excluding carboxylic acids is 2. The molecule has 40 heavy (non-hydrogen) atoms. The minimum atomic E-state index is -2.56. The van der Waals surface area contributed by atoms with Crippen molar-refractivity contribution in [2.24, 2.45) is 16.5 Å². The van der Waals surface area contributed by atoms with Gasteiger partial charge >= 0.3 is 5.96 Å². The van der Waals surface area contributed by atoms with Crippen molar-refractivity contribution in [2.75, 3.05) is 19.7 Å². The summed E-state index contributed by atoms with van der Waals surface area (Å²) in [6.45, 7) is 4.65. The number of guanidine groups is 2. The maximum absolute atomic E-state index is 13.6. The second kappa shape index (κ2) is 9.08. The quantitative estimate of drug-likeness (QED) is 0.174. The number of nitrogens with two attached hydrogens (primary N) is 2. The molecule has 2 aromatic rings. The van der Waals surface area contributed by atoms with Crippen LogP contribution in [0, 0.1) is 0 Å². The Balaban J connectivity index is 1.27. The highest BCUT2D eigenvalue weighted by Crippen LogP contribution is 2.43. The Kier molecular flexibility index (Phi) is 5.98. The van der Waals surface area contributed by atoms with E-state index in [-0.39, 0.29) is 36.3 Å². The summed E-state index contributed by atoms with van der Waals surface area (Å²) in [5.74, 6) is -2.77. The third-order valence-corrected chi connectivity index (χ3v) is 9.24. The fraction of sp³-hybridized carbons (Fsp3) is 0.462. The molecule has 1 aromatic carbocycles. The number of hydrogen-bond acceptors (Lipinski definition) is 11. The number of hydrogen-bond donors (Lipinski definition) is 8. The van der Waals surface area contributed by atoms with Crippen molar-refractivity contribution in [3.63, 3.8) is 0 Å². The van der Waals surface area contributed by atoms with Crippen LogP contribution in [0.4, 0.5) is 0 Å². The molecule has 0 aliphatic carbocycles. The van der Waals surface area contributed by atoms with Crippen LogP contribution in [0.1, 0.15) is 45.9 Å². The van der Waals surface area contributed by atoms with Gasteiger partial charge in [0.15, 0.2) is 12.0 Å². The summed E-state index contributed by atoms with van der Waals surface area (Å²) in [5.41, 5.74) is 11.8. The Morgan fingerprint density at radius 2 is 2.05 bits per heavy atom. The summed E-state index contributed by atoms with van der Waals surface area (Å²) in [5, 5.41) is 33.8. The third-order valence-electron chi connectivity index (χ3n) is 8.37. The first kappa shape index (κ1) is 26.3. The molecule has 1 unspecified atom stereocenters. The Morgan fingerprint density at radius 1 is 1.25 bits per heavy atom. The van der Waals surface area contributed by atoms with Crippen molar-refractivity contribution in [3.8, 4) is 5.75 Å². The second-order valence-electron chi connectivity index (χ2n) is 11.2. The molecule has 0 saturated carbocycles. The topological polar surface area (TPSA) is 202 Å². The number of para-hydroxylation sites is 1. The molecule has 1 aromatic heterocycles. The number of fused-ring (bicyclic) bond motifs is 1. The Hall–Kier alpha value is -3.88. The van der Waals surface area contributed by atoms with Crippen LogP contribution >= 0.6 is 11.3 Å². The van der Waals surface area contributed by atoms with Crippen molar-refractivity contribution < 1.29 is 29.5 Å². The molecule has 212 valence electrons. The molecule has 5 heterocycles. The Bertz CT molecular complexity index is 1420. The van der Waals surface area contributed by atoms with Crippen molar-refractivity contribution in [1.82, 2.24) is 20.9 Å². The number of aliphatic hydroxyl groups is 2. The molecule has 13 nitrogen and oxygen atoms in total. The van der Waals surface area contributed by atoms with Gasteiger partial charge in [0.2, 0.25) is 5.79 Å². The number of carbonyl (C=O) groups is 2. The van der Waals surface area contributed by atoms with Gasteiger partial charge in [0.25, 0.3) is 17.5 Å². The van der Waals surface area contributed by atoms with E-state index < -0.39 is 35.5 Å². The van der Waals surface area contributed by atoms with E-state index in [1.165, 1.54) is 16.2 Å². The largest absolute Gasteiger partial charge is 0.492 e. The zero-order chi connectivity index (χ0) is 28.4. The molecular formula is C26H33N8O5S+. The van der Waals surface area contributed by atoms with Gasteiger partial charge in [-0.1, -0.05) is 32.0 Å². The van der Waals surface area contributed by atoms with Gasteiger partial charge in [-0.15, -0.1) is 11.3 Å². The molecule has 6 rings (SSSR count). The number of rotatable bonds is 5. The van der Waals surface area contributed by atoms with Gasteiger partial charge in [-0.05, 0) is 29.3 Å². The van der Waals surface area contributed by atoms with Crippen LogP contribution in [0.15, 0.2) is 40.7 Å². The smallest absolute Gasteiger partial charge is 0.343 e. The fourth-order valence-corrected chi connectivity index (χ4v) is 6.85. The molecule has 1 fully saturated rings. The van der Waals surface area contributed by atoms with E-state index in [9.17, 15) is 19.8 Å². The standard InChI is InChI=1S/C26H32N8O5S/c1-24(2)8-9-39-18-13(5-3-6-14(18)24)20(35)31-17-12-34-23(28)30-15(11-29-21(36)16-7-4-10-40-16)19-25(34,26(17,37)38)33-22(27)32-19/h3-7,10,15,17,19,37-38H,8-9,11-12H2,1-2H3,(H2,28,30)(H,29,36)(H,31,35)(H3,27,32,33)/p+1/t15-,17?,19-,25-/m0/s1. The van der Waals surface area contributed by atoms with Gasteiger partial charge in [-0.2, -0.15) is 0 Å². The number of thiophene rings is 1. The molecule has 14 heteroatoms. The number of benzene rings is 1. The molecular weight excluding hydrogens is 536 g/mol. The van der Waals surface area contributed by atoms with Crippen molar-refractivity contribution in [3.05, 3.63) is 51.7 Å². The monoisotopic (exact) mass is 569 g/mol. The van der Waals surface area contributed by atoms with Crippen molar-refractivity contribution >= 4 is 35.1 Å². The zero-order valence-corrected chi connectivity index (χ0v) is 22.9. The minimum Gasteiger partial charge on any atom is -0.492 e. The lowest BCUT2D eigenvalue weighted by molar-refractivity contribution is -0.521. The molecule has 0 radical (unpaired) electrons. The molecule has 4 atom stereocenters. The molecule has 2 amide bonds. The zero-order valence-electron chi connectivity index (χ0n) is 22.1.